The van der Waals surface area contributed by atoms with Crippen LogP contribution in [0, 0.1) is 5.41 Å². The third-order valence-corrected chi connectivity index (χ3v) is 6.88. The number of carbonyl (C=O) groups is 3. The van der Waals surface area contributed by atoms with Crippen LogP contribution in [0.4, 0.5) is 0 Å². The van der Waals surface area contributed by atoms with Gasteiger partial charge in [-0.3, -0.25) is 19.8 Å². The van der Waals surface area contributed by atoms with Gasteiger partial charge in [-0.15, -0.1) is 11.3 Å². The number of amidine groups is 1. The summed E-state index contributed by atoms with van der Waals surface area (Å²) >= 11 is 1.41. The van der Waals surface area contributed by atoms with Gasteiger partial charge >= 0.3 is 0 Å². The fourth-order valence-electron chi connectivity index (χ4n) is 3.93. The van der Waals surface area contributed by atoms with Crippen molar-refractivity contribution in [1.82, 2.24) is 15.5 Å². The van der Waals surface area contributed by atoms with Crippen LogP contribution in [0.25, 0.3) is 0 Å². The molecule has 0 aliphatic carbocycles. The van der Waals surface area contributed by atoms with Gasteiger partial charge in [-0.2, -0.15) is 0 Å². The lowest BCUT2D eigenvalue weighted by atomic mass is 10.2. The van der Waals surface area contributed by atoms with E-state index in [4.69, 9.17) is 15.9 Å². The zero-order valence-electron chi connectivity index (χ0n) is 21.8. The number of nitrogens with two attached hydrogens (primary N) is 1. The van der Waals surface area contributed by atoms with Crippen molar-refractivity contribution in [2.75, 3.05) is 19.7 Å². The van der Waals surface area contributed by atoms with E-state index in [-0.39, 0.29) is 36.5 Å². The van der Waals surface area contributed by atoms with Crippen LogP contribution in [-0.2, 0) is 20.9 Å². The number of para-hydroxylation sites is 1. The topological polar surface area (TPSA) is 138 Å². The van der Waals surface area contributed by atoms with Gasteiger partial charge in [-0.25, -0.2) is 0 Å². The predicted molar refractivity (Wildman–Crippen MR) is 153 cm³/mol. The SMILES string of the molecule is N=C(N)c1csc(CNC(=O)C2CCCN2C(=O)CNC(=O)CCCOc2ccccc2)c1.c1ccccc1. The second kappa shape index (κ2) is 15.9. The first-order chi connectivity index (χ1) is 18.9. The van der Waals surface area contributed by atoms with Crippen LogP contribution < -0.4 is 21.1 Å². The van der Waals surface area contributed by atoms with Crippen LogP contribution in [0.5, 0.6) is 5.75 Å². The van der Waals surface area contributed by atoms with Crippen LogP contribution in [0.1, 0.15) is 36.1 Å². The maximum absolute atomic E-state index is 12.6. The Balaban J connectivity index is 0.000000617. The maximum atomic E-state index is 12.6. The molecule has 10 heteroatoms. The normalized spacial score (nSPS) is 14.1. The minimum absolute atomic E-state index is 0.0119. The van der Waals surface area contributed by atoms with E-state index in [1.807, 2.05) is 66.7 Å². The lowest BCUT2D eigenvalue weighted by Gasteiger charge is -2.24. The van der Waals surface area contributed by atoms with E-state index in [2.05, 4.69) is 10.6 Å². The van der Waals surface area contributed by atoms with Gasteiger partial charge in [0.2, 0.25) is 17.7 Å². The summed E-state index contributed by atoms with van der Waals surface area (Å²) in [6.07, 6.45) is 2.12. The molecule has 1 aliphatic rings. The van der Waals surface area contributed by atoms with Crippen LogP contribution in [0.2, 0.25) is 0 Å². The molecule has 4 rings (SSSR count). The van der Waals surface area contributed by atoms with Crippen molar-refractivity contribution in [1.29, 1.82) is 5.41 Å². The highest BCUT2D eigenvalue weighted by Crippen LogP contribution is 2.19. The first-order valence-corrected chi connectivity index (χ1v) is 13.8. The summed E-state index contributed by atoms with van der Waals surface area (Å²) in [4.78, 5) is 39.7. The molecular formula is C29H35N5O4S. The number of hydrogen-bond acceptors (Lipinski definition) is 6. The van der Waals surface area contributed by atoms with Crippen LogP contribution in [0.3, 0.4) is 0 Å². The third kappa shape index (κ3) is 10.2. The molecule has 1 aromatic heterocycles. The van der Waals surface area contributed by atoms with Gasteiger partial charge in [-0.05, 0) is 37.5 Å². The number of amides is 3. The Hall–Kier alpha value is -4.18. The molecule has 5 N–H and O–H groups in total. The van der Waals surface area contributed by atoms with Crippen molar-refractivity contribution in [2.45, 2.75) is 38.3 Å². The molecule has 1 fully saturated rings. The second-order valence-corrected chi connectivity index (χ2v) is 9.87. The molecule has 3 aromatic rings. The molecule has 0 saturated carbocycles. The van der Waals surface area contributed by atoms with Gasteiger partial charge in [0.05, 0.1) is 19.7 Å². The van der Waals surface area contributed by atoms with Crippen molar-refractivity contribution in [3.05, 3.63) is 88.6 Å². The molecule has 1 unspecified atom stereocenters. The van der Waals surface area contributed by atoms with Crippen molar-refractivity contribution < 1.29 is 19.1 Å². The Bertz CT molecular complexity index is 1180. The highest BCUT2D eigenvalue weighted by molar-refractivity contribution is 7.10. The second-order valence-electron chi connectivity index (χ2n) is 8.87. The lowest BCUT2D eigenvalue weighted by molar-refractivity contribution is -0.138. The van der Waals surface area contributed by atoms with Gasteiger partial charge in [0, 0.05) is 28.8 Å². The van der Waals surface area contributed by atoms with Crippen molar-refractivity contribution >= 4 is 34.9 Å². The van der Waals surface area contributed by atoms with Gasteiger partial charge in [0.25, 0.3) is 0 Å². The molecule has 1 aliphatic heterocycles. The molecule has 1 saturated heterocycles. The summed E-state index contributed by atoms with van der Waals surface area (Å²) in [7, 11) is 0. The number of nitrogen functional groups attached to an aromatic ring is 1. The summed E-state index contributed by atoms with van der Waals surface area (Å²) in [6, 6.07) is 22.6. The number of carbonyl (C=O) groups excluding carboxylic acids is 3. The van der Waals surface area contributed by atoms with Crippen molar-refractivity contribution in [3.63, 3.8) is 0 Å². The Morgan fingerprint density at radius 3 is 2.33 bits per heavy atom. The highest BCUT2D eigenvalue weighted by Gasteiger charge is 2.33. The minimum Gasteiger partial charge on any atom is -0.494 e. The summed E-state index contributed by atoms with van der Waals surface area (Å²) in [5.41, 5.74) is 6.09. The maximum Gasteiger partial charge on any atom is 0.243 e. The van der Waals surface area contributed by atoms with E-state index >= 15 is 0 Å². The van der Waals surface area contributed by atoms with Gasteiger partial charge in [-0.1, -0.05) is 54.6 Å². The molecule has 0 bridgehead atoms. The fourth-order valence-corrected chi connectivity index (χ4v) is 4.76. The Morgan fingerprint density at radius 2 is 1.69 bits per heavy atom. The molecule has 206 valence electrons. The largest absolute Gasteiger partial charge is 0.494 e. The first kappa shape index (κ1) is 29.4. The van der Waals surface area contributed by atoms with Gasteiger partial charge < -0.3 is 26.0 Å². The van der Waals surface area contributed by atoms with Crippen LogP contribution in [0.15, 0.2) is 78.2 Å². The number of benzene rings is 2. The smallest absolute Gasteiger partial charge is 0.243 e. The zero-order chi connectivity index (χ0) is 27.9. The number of ether oxygens (including phenoxy) is 1. The molecule has 0 spiro atoms. The Kier molecular flexibility index (Phi) is 12.0. The van der Waals surface area contributed by atoms with E-state index in [0.717, 1.165) is 17.0 Å². The van der Waals surface area contributed by atoms with Gasteiger partial charge in [0.1, 0.15) is 17.6 Å². The average molecular weight is 550 g/mol. The zero-order valence-corrected chi connectivity index (χ0v) is 22.6. The quantitative estimate of drug-likeness (QED) is 0.165. The molecule has 2 heterocycles. The van der Waals surface area contributed by atoms with Crippen molar-refractivity contribution in [3.8, 4) is 5.75 Å². The monoisotopic (exact) mass is 549 g/mol. The third-order valence-electron chi connectivity index (χ3n) is 5.94. The first-order valence-electron chi connectivity index (χ1n) is 12.9. The molecule has 1 atom stereocenters. The number of hydrogen-bond donors (Lipinski definition) is 4. The lowest BCUT2D eigenvalue weighted by Crippen LogP contribution is -2.48. The summed E-state index contributed by atoms with van der Waals surface area (Å²) in [5, 5.41) is 14.7. The number of rotatable bonds is 11. The van der Waals surface area contributed by atoms with Crippen LogP contribution >= 0.6 is 11.3 Å². The molecular weight excluding hydrogens is 514 g/mol. The number of nitrogens with zero attached hydrogens (tertiary/aromatic N) is 1. The predicted octanol–water partition coefficient (Wildman–Crippen LogP) is 3.30. The number of nitrogens with one attached hydrogen (secondary N) is 3. The number of likely N-dealkylation sites (tertiary alicyclic amines) is 1. The molecule has 2 aromatic carbocycles. The molecule has 3 amide bonds. The minimum atomic E-state index is -0.541. The van der Waals surface area contributed by atoms with E-state index in [0.29, 0.717) is 38.1 Å². The molecule has 9 nitrogen and oxygen atoms in total. The van der Waals surface area contributed by atoms with E-state index in [1.54, 1.807) is 11.4 Å². The Labute approximate surface area is 232 Å². The summed E-state index contributed by atoms with van der Waals surface area (Å²) in [5.74, 6) is 0.0330. The fraction of sp³-hybridized carbons (Fsp3) is 0.310. The van der Waals surface area contributed by atoms with Gasteiger partial charge in [0.15, 0.2) is 0 Å². The molecule has 0 radical (unpaired) electrons. The molecule has 39 heavy (non-hydrogen) atoms. The Morgan fingerprint density at radius 1 is 1.03 bits per heavy atom. The average Bonchev–Trinajstić information content (AvgIpc) is 3.65. The van der Waals surface area contributed by atoms with E-state index in [1.165, 1.54) is 16.2 Å². The summed E-state index contributed by atoms with van der Waals surface area (Å²) < 4.78 is 5.56. The highest BCUT2D eigenvalue weighted by atomic mass is 32.1. The van der Waals surface area contributed by atoms with Crippen molar-refractivity contribution in [2.24, 2.45) is 5.73 Å². The van der Waals surface area contributed by atoms with E-state index in [9.17, 15) is 14.4 Å². The standard InChI is InChI=1S/C23H29N5O4S.C6H6/c24-22(25)16-12-18(33-15-16)13-27-23(31)19-8-4-10-28(19)21(30)14-26-20(29)9-5-11-32-17-6-2-1-3-7-17;1-2-4-6-5-3-1/h1-3,6-7,12,15,19H,4-5,8-11,13-14H2,(H3,24,25)(H,26,29)(H,27,31);1-6H. The number of thiophene rings is 1. The summed E-state index contributed by atoms with van der Waals surface area (Å²) in [6.45, 7) is 1.09. The van der Waals surface area contributed by atoms with Crippen LogP contribution in [-0.4, -0.2) is 54.2 Å². The van der Waals surface area contributed by atoms with E-state index < -0.39 is 6.04 Å².